The van der Waals surface area contributed by atoms with Crippen LogP contribution in [0, 0.1) is 29.1 Å². The van der Waals surface area contributed by atoms with Crippen LogP contribution in [-0.4, -0.2) is 116 Å². The molecule has 0 radical (unpaired) electrons. The molecule has 1 saturated heterocycles. The molecule has 0 bridgehead atoms. The first-order valence-corrected chi connectivity index (χ1v) is 22.1. The van der Waals surface area contributed by atoms with Crippen LogP contribution in [0.25, 0.3) is 6.08 Å². The number of ether oxygens (including phenoxy) is 4. The maximum atomic E-state index is 12.5. The number of rotatable bonds is 24. The van der Waals surface area contributed by atoms with E-state index in [0.717, 1.165) is 24.8 Å². The minimum Gasteiger partial charge on any atom is -0.448 e. The summed E-state index contributed by atoms with van der Waals surface area (Å²) in [6.45, 7) is 19.9. The molecule has 1 amide bonds. The molecule has 61 heavy (non-hydrogen) atoms. The summed E-state index contributed by atoms with van der Waals surface area (Å²) in [6, 6.07) is 1.79. The van der Waals surface area contributed by atoms with Crippen molar-refractivity contribution in [2.24, 2.45) is 17.8 Å². The molecule has 1 aliphatic rings. The molecule has 1 aromatic rings. The van der Waals surface area contributed by atoms with Gasteiger partial charge < -0.3 is 43.8 Å². The molecular formula is C49H80N4O8. The van der Waals surface area contributed by atoms with Gasteiger partial charge in [-0.05, 0) is 110 Å². The highest BCUT2D eigenvalue weighted by molar-refractivity contribution is 5.76. The lowest BCUT2D eigenvalue weighted by molar-refractivity contribution is -0.124. The van der Waals surface area contributed by atoms with E-state index in [0.29, 0.717) is 55.8 Å². The van der Waals surface area contributed by atoms with Gasteiger partial charge in [0.2, 0.25) is 5.91 Å². The number of nitrogens with one attached hydrogen (secondary N) is 1. The van der Waals surface area contributed by atoms with Crippen LogP contribution in [-0.2, 0) is 23.7 Å². The van der Waals surface area contributed by atoms with E-state index in [2.05, 4.69) is 70.1 Å². The van der Waals surface area contributed by atoms with Gasteiger partial charge in [0.25, 0.3) is 0 Å². The number of aromatic nitrogens is 1. The number of nitriles is 1. The van der Waals surface area contributed by atoms with Crippen LogP contribution in [0.3, 0.4) is 0 Å². The summed E-state index contributed by atoms with van der Waals surface area (Å²) in [5.74, 6) is 1.05. The fraction of sp³-hybridized carbons (Fsp3) is 0.694. The van der Waals surface area contributed by atoms with Crippen molar-refractivity contribution in [1.82, 2.24) is 15.2 Å². The van der Waals surface area contributed by atoms with Crippen molar-refractivity contribution in [3.8, 4) is 6.07 Å². The average molecular weight is 853 g/mol. The summed E-state index contributed by atoms with van der Waals surface area (Å²) in [7, 11) is 7.02. The zero-order valence-electron chi connectivity index (χ0n) is 39.6. The number of aliphatic hydroxyl groups is 2. The second-order valence-corrected chi connectivity index (χ2v) is 18.2. The number of oxazole rings is 1. The largest absolute Gasteiger partial charge is 0.448 e. The van der Waals surface area contributed by atoms with Gasteiger partial charge in [-0.25, -0.2) is 4.98 Å². The summed E-state index contributed by atoms with van der Waals surface area (Å²) in [6.07, 6.45) is 18.0. The fourth-order valence-corrected chi connectivity index (χ4v) is 7.79. The molecular weight excluding hydrogens is 773 g/mol. The Kier molecular flexibility index (Phi) is 24.3. The van der Waals surface area contributed by atoms with Crippen LogP contribution in [0.4, 0.5) is 0 Å². The fourth-order valence-electron chi connectivity index (χ4n) is 7.79. The maximum Gasteiger partial charge on any atom is 0.222 e. The molecule has 2 rings (SSSR count). The van der Waals surface area contributed by atoms with Crippen LogP contribution in [0.1, 0.15) is 125 Å². The van der Waals surface area contributed by atoms with E-state index in [1.807, 2.05) is 64.1 Å². The van der Waals surface area contributed by atoms with Crippen LogP contribution in [0.2, 0.25) is 0 Å². The van der Waals surface area contributed by atoms with E-state index in [-0.39, 0.29) is 55.1 Å². The number of likely N-dealkylation sites (N-methyl/N-ethyl adjacent to an activating group) is 1. The molecule has 0 saturated carbocycles. The molecule has 2 heterocycles. The lowest BCUT2D eigenvalue weighted by atomic mass is 9.88. The summed E-state index contributed by atoms with van der Waals surface area (Å²) in [4.78, 5) is 19.0. The minimum atomic E-state index is -0.836. The highest BCUT2D eigenvalue weighted by Crippen LogP contribution is 2.32. The first-order valence-electron chi connectivity index (χ1n) is 22.1. The maximum absolute atomic E-state index is 12.5. The first-order chi connectivity index (χ1) is 28.8. The summed E-state index contributed by atoms with van der Waals surface area (Å²) in [5.41, 5.74) is 3.54. The number of carbonyl (C=O) groups is 1. The second-order valence-electron chi connectivity index (χ2n) is 18.2. The normalized spacial score (nSPS) is 23.8. The molecule has 0 aromatic carbocycles. The van der Waals surface area contributed by atoms with Crippen molar-refractivity contribution in [1.29, 1.82) is 5.26 Å². The number of methoxy groups -OCH3 is 2. The van der Waals surface area contributed by atoms with E-state index in [1.165, 1.54) is 17.2 Å². The van der Waals surface area contributed by atoms with E-state index in [9.17, 15) is 15.0 Å². The zero-order valence-corrected chi connectivity index (χ0v) is 39.6. The van der Waals surface area contributed by atoms with Gasteiger partial charge in [0.05, 0.1) is 67.9 Å². The van der Waals surface area contributed by atoms with Crippen molar-refractivity contribution < 1.29 is 38.4 Å². The molecule has 1 fully saturated rings. The number of amides is 1. The number of allylic oxidation sites excluding steroid dienone is 8. The molecule has 10 atom stereocenters. The number of nitrogens with zero attached hydrogens (tertiary/aromatic N) is 3. The van der Waals surface area contributed by atoms with Crippen molar-refractivity contribution >= 4 is 12.0 Å². The molecule has 12 nitrogen and oxygen atoms in total. The lowest BCUT2D eigenvalue weighted by Crippen LogP contribution is -2.44. The summed E-state index contributed by atoms with van der Waals surface area (Å²) < 4.78 is 30.3. The van der Waals surface area contributed by atoms with E-state index >= 15 is 0 Å². The Morgan fingerprint density at radius 1 is 1.15 bits per heavy atom. The number of carbonyl (C=O) groups excluding carboxylic acids is 1. The van der Waals surface area contributed by atoms with Crippen LogP contribution in [0.5, 0.6) is 0 Å². The highest BCUT2D eigenvalue weighted by Gasteiger charge is 2.38. The van der Waals surface area contributed by atoms with Gasteiger partial charge in [0.1, 0.15) is 12.0 Å². The third kappa shape index (κ3) is 20.1. The number of hydrogen-bond acceptors (Lipinski definition) is 11. The number of hydrogen-bond donors (Lipinski definition) is 3. The Labute approximate surface area is 368 Å². The predicted molar refractivity (Wildman–Crippen MR) is 244 cm³/mol. The van der Waals surface area contributed by atoms with Crippen molar-refractivity contribution in [2.45, 2.75) is 155 Å². The molecule has 3 N–H and O–H groups in total. The van der Waals surface area contributed by atoms with E-state index in [1.54, 1.807) is 20.5 Å². The van der Waals surface area contributed by atoms with Gasteiger partial charge in [-0.1, -0.05) is 63.6 Å². The minimum absolute atomic E-state index is 0.00498. The zero-order chi connectivity index (χ0) is 45.7. The van der Waals surface area contributed by atoms with Crippen LogP contribution < -0.4 is 5.32 Å². The van der Waals surface area contributed by atoms with Crippen molar-refractivity contribution in [3.05, 3.63) is 71.0 Å². The smallest absolute Gasteiger partial charge is 0.222 e. The van der Waals surface area contributed by atoms with Crippen molar-refractivity contribution in [2.75, 3.05) is 48.1 Å². The van der Waals surface area contributed by atoms with Crippen molar-refractivity contribution in [3.63, 3.8) is 0 Å². The summed E-state index contributed by atoms with van der Waals surface area (Å²) >= 11 is 0. The molecule has 1 aromatic heterocycles. The standard InChI is InChI=1S/C49H80N4O8/c1-33(22-24-50)16-14-17-36(4)38(6)27-35(3)26-34(2)20-21-45(58-13)46-29-49(8,9)61-44(39(7)43(55)32-59-46)19-15-18-40-30-60-48(52-40)37(5)23-25-51-47(56)28-42(54)41(31-57-12)53(10)11/h14-18,22,27,30,34-35,37,39,41-46,54-55H,19-21,23,25-26,28-29,31-32H2,1-13H3,(H,51,56)/b16-14+,18-15+,33-22-,36-17+,38-27+/t34-,35-,37-,39-,41-,42+,43+,44-,45-,46-/m0/s1. The summed E-state index contributed by atoms with van der Waals surface area (Å²) in [5, 5.41) is 33.5. The van der Waals surface area contributed by atoms with Gasteiger partial charge in [-0.3, -0.25) is 4.79 Å². The lowest BCUT2D eigenvalue weighted by Gasteiger charge is -2.36. The predicted octanol–water partition coefficient (Wildman–Crippen LogP) is 8.34. The Balaban J connectivity index is 1.94. The van der Waals surface area contributed by atoms with Crippen LogP contribution in [0.15, 0.2) is 63.9 Å². The third-order valence-corrected chi connectivity index (χ3v) is 11.8. The van der Waals surface area contributed by atoms with E-state index in [4.69, 9.17) is 28.6 Å². The first kappa shape index (κ1) is 53.7. The molecule has 0 unspecified atom stereocenters. The SMILES string of the molecule is COC[C@@H]([C@H](O)CC(=O)NCC[C@H](C)c1nc(/C=C/C[C@@H]2OC(C)(C)C[C@@H]([C@H](CC[C@H](C)C[C@H](C)/C=C(C)/C(C)=C/C=C/C(C)=C\C#N)OC)OC[C@@H](O)[C@@H]2C)co1)N(C)C. The molecule has 0 aliphatic carbocycles. The van der Waals surface area contributed by atoms with Gasteiger partial charge in [-0.2, -0.15) is 5.26 Å². The molecule has 12 heteroatoms. The quantitative estimate of drug-likeness (QED) is 0.0678. The van der Waals surface area contributed by atoms with Crippen LogP contribution >= 0.6 is 0 Å². The number of aliphatic hydroxyl groups excluding tert-OH is 2. The molecule has 344 valence electrons. The topological polar surface area (TPSA) is 160 Å². The van der Waals surface area contributed by atoms with Gasteiger partial charge >= 0.3 is 0 Å². The van der Waals surface area contributed by atoms with E-state index < -0.39 is 17.8 Å². The highest BCUT2D eigenvalue weighted by atomic mass is 16.5. The Morgan fingerprint density at radius 2 is 1.87 bits per heavy atom. The Bertz CT molecular complexity index is 1640. The molecule has 1 aliphatic heterocycles. The average Bonchev–Trinajstić information content (AvgIpc) is 3.67. The molecule has 0 spiro atoms. The Morgan fingerprint density at radius 3 is 2.52 bits per heavy atom. The van der Waals surface area contributed by atoms with Gasteiger partial charge in [0, 0.05) is 45.1 Å². The van der Waals surface area contributed by atoms with Gasteiger partial charge in [0.15, 0.2) is 5.89 Å². The second kappa shape index (κ2) is 27.6. The third-order valence-electron chi connectivity index (χ3n) is 11.8. The van der Waals surface area contributed by atoms with Gasteiger partial charge in [-0.15, -0.1) is 0 Å². The Hall–Kier alpha value is -3.41. The monoisotopic (exact) mass is 853 g/mol.